The Kier molecular flexibility index (Phi) is 8.32. The number of benzene rings is 2. The number of piperazine rings is 1. The van der Waals surface area contributed by atoms with Crippen LogP contribution < -0.4 is 16.0 Å². The van der Waals surface area contributed by atoms with Gasteiger partial charge in [0.1, 0.15) is 0 Å². The third-order valence-electron chi connectivity index (χ3n) is 4.57. The molecule has 0 spiro atoms. The van der Waals surface area contributed by atoms with Crippen LogP contribution in [0.5, 0.6) is 0 Å². The first-order chi connectivity index (χ1) is 14.0. The minimum Gasteiger partial charge on any atom is -0.361 e. The van der Waals surface area contributed by atoms with E-state index in [2.05, 4.69) is 25.8 Å². The molecule has 1 saturated heterocycles. The summed E-state index contributed by atoms with van der Waals surface area (Å²) < 4.78 is 0. The van der Waals surface area contributed by atoms with Gasteiger partial charge in [-0.15, -0.1) is 0 Å². The standard InChI is InChI=1S/C20H23Cl2N5S2/c21-15-1-5-17(6-2-15)24-19(28)23-9-10-26-11-13-27(14-12-26)20(29)25-18-7-3-16(22)4-8-18/h1-8H,9-14H2,(H,25,29)(H2,23,24,28). The summed E-state index contributed by atoms with van der Waals surface area (Å²) in [4.78, 5) is 4.60. The second-order valence-electron chi connectivity index (χ2n) is 6.65. The van der Waals surface area contributed by atoms with Gasteiger partial charge in [-0.05, 0) is 73.0 Å². The van der Waals surface area contributed by atoms with Crippen LogP contribution in [0.2, 0.25) is 10.0 Å². The quantitative estimate of drug-likeness (QED) is 0.566. The van der Waals surface area contributed by atoms with Gasteiger partial charge in [0, 0.05) is 60.7 Å². The highest BCUT2D eigenvalue weighted by Crippen LogP contribution is 2.15. The maximum Gasteiger partial charge on any atom is 0.173 e. The fraction of sp³-hybridized carbons (Fsp3) is 0.300. The highest BCUT2D eigenvalue weighted by atomic mass is 35.5. The monoisotopic (exact) mass is 467 g/mol. The number of anilines is 2. The summed E-state index contributed by atoms with van der Waals surface area (Å²) in [6, 6.07) is 15.0. The van der Waals surface area contributed by atoms with E-state index in [0.717, 1.165) is 55.8 Å². The summed E-state index contributed by atoms with van der Waals surface area (Å²) in [5.74, 6) is 0. The first-order valence-electron chi connectivity index (χ1n) is 9.34. The van der Waals surface area contributed by atoms with Crippen LogP contribution >= 0.6 is 47.6 Å². The third-order valence-corrected chi connectivity index (χ3v) is 5.68. The Balaban J connectivity index is 1.33. The van der Waals surface area contributed by atoms with Crippen molar-refractivity contribution in [3.63, 3.8) is 0 Å². The molecule has 1 aliphatic heterocycles. The minimum absolute atomic E-state index is 0.610. The largest absolute Gasteiger partial charge is 0.361 e. The molecule has 5 nitrogen and oxygen atoms in total. The predicted molar refractivity (Wildman–Crippen MR) is 131 cm³/mol. The second kappa shape index (κ2) is 10.9. The molecule has 9 heteroatoms. The molecule has 2 aromatic carbocycles. The number of rotatable bonds is 5. The van der Waals surface area contributed by atoms with Gasteiger partial charge in [-0.1, -0.05) is 23.2 Å². The van der Waals surface area contributed by atoms with Gasteiger partial charge in [-0.3, -0.25) is 4.90 Å². The van der Waals surface area contributed by atoms with Crippen molar-refractivity contribution in [1.82, 2.24) is 15.1 Å². The van der Waals surface area contributed by atoms with Gasteiger partial charge in [0.15, 0.2) is 10.2 Å². The molecule has 154 valence electrons. The van der Waals surface area contributed by atoms with Gasteiger partial charge >= 0.3 is 0 Å². The zero-order valence-corrected chi connectivity index (χ0v) is 19.0. The zero-order chi connectivity index (χ0) is 20.6. The van der Waals surface area contributed by atoms with E-state index in [4.69, 9.17) is 47.6 Å². The van der Waals surface area contributed by atoms with Crippen molar-refractivity contribution in [2.24, 2.45) is 0 Å². The summed E-state index contributed by atoms with van der Waals surface area (Å²) >= 11 is 22.7. The summed E-state index contributed by atoms with van der Waals surface area (Å²) in [7, 11) is 0. The molecule has 0 unspecified atom stereocenters. The Morgan fingerprint density at radius 2 is 1.31 bits per heavy atom. The van der Waals surface area contributed by atoms with Crippen molar-refractivity contribution >= 4 is 69.2 Å². The van der Waals surface area contributed by atoms with Crippen molar-refractivity contribution in [3.8, 4) is 0 Å². The summed E-state index contributed by atoms with van der Waals surface area (Å²) in [5, 5.41) is 12.5. The average Bonchev–Trinajstić information content (AvgIpc) is 2.72. The van der Waals surface area contributed by atoms with Crippen LogP contribution in [-0.4, -0.2) is 59.3 Å². The molecule has 0 amide bonds. The Morgan fingerprint density at radius 1 is 0.793 bits per heavy atom. The summed E-state index contributed by atoms with van der Waals surface area (Å²) in [5.41, 5.74) is 1.87. The van der Waals surface area contributed by atoms with E-state index >= 15 is 0 Å². The lowest BCUT2D eigenvalue weighted by Gasteiger charge is -2.36. The van der Waals surface area contributed by atoms with E-state index in [1.54, 1.807) is 0 Å². The minimum atomic E-state index is 0.610. The SMILES string of the molecule is S=C(NCCN1CCN(C(=S)Nc2ccc(Cl)cc2)CC1)Nc1ccc(Cl)cc1. The van der Waals surface area contributed by atoms with Gasteiger partial charge < -0.3 is 20.9 Å². The van der Waals surface area contributed by atoms with E-state index in [9.17, 15) is 0 Å². The molecule has 0 radical (unpaired) electrons. The van der Waals surface area contributed by atoms with Crippen molar-refractivity contribution in [2.45, 2.75) is 0 Å². The van der Waals surface area contributed by atoms with Gasteiger partial charge in [0.05, 0.1) is 0 Å². The number of nitrogens with zero attached hydrogens (tertiary/aromatic N) is 2. The number of halogens is 2. The highest BCUT2D eigenvalue weighted by Gasteiger charge is 2.18. The van der Waals surface area contributed by atoms with E-state index in [-0.39, 0.29) is 0 Å². The number of hydrogen-bond acceptors (Lipinski definition) is 3. The topological polar surface area (TPSA) is 42.6 Å². The number of nitrogens with one attached hydrogen (secondary N) is 3. The molecule has 0 aromatic heterocycles. The van der Waals surface area contributed by atoms with Gasteiger partial charge in [-0.2, -0.15) is 0 Å². The van der Waals surface area contributed by atoms with Crippen LogP contribution in [0.15, 0.2) is 48.5 Å². The van der Waals surface area contributed by atoms with Crippen LogP contribution in [0.1, 0.15) is 0 Å². The Hall–Kier alpha value is -1.64. The first-order valence-corrected chi connectivity index (χ1v) is 10.9. The lowest BCUT2D eigenvalue weighted by Crippen LogP contribution is -2.51. The molecule has 0 bridgehead atoms. The molecule has 0 atom stereocenters. The van der Waals surface area contributed by atoms with Crippen LogP contribution in [0.3, 0.4) is 0 Å². The maximum atomic E-state index is 5.92. The van der Waals surface area contributed by atoms with Crippen LogP contribution in [0.4, 0.5) is 11.4 Å². The lowest BCUT2D eigenvalue weighted by atomic mass is 10.3. The molecule has 3 N–H and O–H groups in total. The Labute approximate surface area is 192 Å². The predicted octanol–water partition coefficient (Wildman–Crippen LogP) is 4.29. The lowest BCUT2D eigenvalue weighted by molar-refractivity contribution is 0.186. The van der Waals surface area contributed by atoms with E-state index in [0.29, 0.717) is 15.2 Å². The summed E-state index contributed by atoms with van der Waals surface area (Å²) in [6.45, 7) is 5.42. The normalized spacial score (nSPS) is 14.3. The van der Waals surface area contributed by atoms with Crippen LogP contribution in [-0.2, 0) is 0 Å². The smallest absolute Gasteiger partial charge is 0.173 e. The van der Waals surface area contributed by atoms with Crippen LogP contribution in [0, 0.1) is 0 Å². The molecule has 1 fully saturated rings. The molecule has 29 heavy (non-hydrogen) atoms. The molecule has 0 saturated carbocycles. The van der Waals surface area contributed by atoms with E-state index in [1.807, 2.05) is 48.5 Å². The van der Waals surface area contributed by atoms with Crippen molar-refractivity contribution in [1.29, 1.82) is 0 Å². The number of thiocarbonyl (C=S) groups is 2. The van der Waals surface area contributed by atoms with E-state index < -0.39 is 0 Å². The molecular formula is C20H23Cl2N5S2. The Morgan fingerprint density at radius 3 is 1.86 bits per heavy atom. The molecule has 2 aromatic rings. The highest BCUT2D eigenvalue weighted by molar-refractivity contribution is 7.80. The first kappa shape index (κ1) is 22.1. The molecule has 3 rings (SSSR count). The Bertz CT molecular complexity index is 819. The maximum absolute atomic E-state index is 5.92. The third kappa shape index (κ3) is 7.28. The summed E-state index contributed by atoms with van der Waals surface area (Å²) in [6.07, 6.45) is 0. The van der Waals surface area contributed by atoms with Crippen LogP contribution in [0.25, 0.3) is 0 Å². The van der Waals surface area contributed by atoms with Crippen molar-refractivity contribution < 1.29 is 0 Å². The van der Waals surface area contributed by atoms with Gasteiger partial charge in [-0.25, -0.2) is 0 Å². The molecule has 1 heterocycles. The molecule has 1 aliphatic rings. The second-order valence-corrected chi connectivity index (χ2v) is 8.32. The zero-order valence-electron chi connectivity index (χ0n) is 15.8. The van der Waals surface area contributed by atoms with Gasteiger partial charge in [0.25, 0.3) is 0 Å². The molecular weight excluding hydrogens is 445 g/mol. The van der Waals surface area contributed by atoms with Crippen molar-refractivity contribution in [2.75, 3.05) is 49.9 Å². The van der Waals surface area contributed by atoms with Crippen molar-refractivity contribution in [3.05, 3.63) is 58.6 Å². The number of hydrogen-bond donors (Lipinski definition) is 3. The molecule has 0 aliphatic carbocycles. The van der Waals surface area contributed by atoms with E-state index in [1.165, 1.54) is 0 Å². The average molecular weight is 468 g/mol. The fourth-order valence-corrected chi connectivity index (χ4v) is 3.72. The van der Waals surface area contributed by atoms with Gasteiger partial charge in [0.2, 0.25) is 0 Å². The fourth-order valence-electron chi connectivity index (χ4n) is 2.95.